The van der Waals surface area contributed by atoms with Crippen LogP contribution in [0.25, 0.3) is 6.08 Å². The van der Waals surface area contributed by atoms with Crippen molar-refractivity contribution in [1.29, 1.82) is 0 Å². The molecule has 1 aliphatic heterocycles. The maximum absolute atomic E-state index is 10.8. The molecule has 0 unspecified atom stereocenters. The highest BCUT2D eigenvalue weighted by Gasteiger charge is 2.18. The summed E-state index contributed by atoms with van der Waals surface area (Å²) in [5, 5.41) is 2.70. The first-order valence-electron chi connectivity index (χ1n) is 4.93. The van der Waals surface area contributed by atoms with Gasteiger partial charge in [-0.1, -0.05) is 36.4 Å². The lowest BCUT2D eigenvalue weighted by Gasteiger charge is -2.01. The van der Waals surface area contributed by atoms with E-state index in [1.807, 2.05) is 30.4 Å². The van der Waals surface area contributed by atoms with Gasteiger partial charge in [0.1, 0.15) is 6.61 Å². The average Bonchev–Trinajstić information content (AvgIpc) is 2.63. The first kappa shape index (κ1) is 9.77. The van der Waals surface area contributed by atoms with Crippen LogP contribution in [-0.2, 0) is 4.74 Å². The maximum atomic E-state index is 10.8. The molecule has 1 fully saturated rings. The van der Waals surface area contributed by atoms with Crippen LogP contribution in [-0.4, -0.2) is 18.7 Å². The Morgan fingerprint density at radius 2 is 2.27 bits per heavy atom. The van der Waals surface area contributed by atoms with Gasteiger partial charge in [-0.15, -0.1) is 0 Å². The molecule has 78 valence electrons. The molecule has 0 bridgehead atoms. The number of nitrogens with one attached hydrogen (secondary N) is 1. The lowest BCUT2D eigenvalue weighted by molar-refractivity contribution is 0.177. The van der Waals surface area contributed by atoms with Gasteiger partial charge in [-0.25, -0.2) is 4.79 Å². The second-order valence-corrected chi connectivity index (χ2v) is 3.56. The molecule has 0 spiro atoms. The zero-order valence-corrected chi connectivity index (χ0v) is 8.57. The number of cyclic esters (lactones) is 1. The number of amides is 1. The third-order valence-corrected chi connectivity index (χ3v) is 2.39. The van der Waals surface area contributed by atoms with E-state index in [1.54, 1.807) is 0 Å². The van der Waals surface area contributed by atoms with Gasteiger partial charge in [-0.3, -0.25) is 0 Å². The van der Waals surface area contributed by atoms with Crippen molar-refractivity contribution in [3.63, 3.8) is 0 Å². The molecule has 1 aliphatic rings. The van der Waals surface area contributed by atoms with Gasteiger partial charge in [0.15, 0.2) is 0 Å². The molecule has 1 heterocycles. The van der Waals surface area contributed by atoms with Crippen molar-refractivity contribution >= 4 is 12.2 Å². The van der Waals surface area contributed by atoms with E-state index in [4.69, 9.17) is 4.74 Å². The van der Waals surface area contributed by atoms with E-state index in [0.29, 0.717) is 6.61 Å². The number of hydrogen-bond acceptors (Lipinski definition) is 2. The summed E-state index contributed by atoms with van der Waals surface area (Å²) in [5.74, 6) is 0. The number of ether oxygens (including phenoxy) is 1. The number of carbonyl (C=O) groups is 1. The Labute approximate surface area is 88.8 Å². The molecule has 1 N–H and O–H groups in total. The molecule has 3 nitrogen and oxygen atoms in total. The van der Waals surface area contributed by atoms with Crippen molar-refractivity contribution in [3.05, 3.63) is 41.5 Å². The van der Waals surface area contributed by atoms with Crippen molar-refractivity contribution in [3.8, 4) is 0 Å². The van der Waals surface area contributed by atoms with Crippen LogP contribution < -0.4 is 5.32 Å². The van der Waals surface area contributed by atoms with Gasteiger partial charge < -0.3 is 10.1 Å². The van der Waals surface area contributed by atoms with Crippen LogP contribution in [0.15, 0.2) is 30.3 Å². The minimum Gasteiger partial charge on any atom is -0.447 e. The average molecular weight is 203 g/mol. The summed E-state index contributed by atoms with van der Waals surface area (Å²) < 4.78 is 4.78. The molecule has 1 aromatic rings. The van der Waals surface area contributed by atoms with Crippen molar-refractivity contribution in [1.82, 2.24) is 5.32 Å². The monoisotopic (exact) mass is 203 g/mol. The van der Waals surface area contributed by atoms with Crippen LogP contribution in [0.1, 0.15) is 11.1 Å². The Kier molecular flexibility index (Phi) is 2.72. The van der Waals surface area contributed by atoms with Crippen LogP contribution in [0, 0.1) is 6.92 Å². The molecule has 0 aromatic heterocycles. The first-order chi connectivity index (χ1) is 7.25. The van der Waals surface area contributed by atoms with Gasteiger partial charge >= 0.3 is 6.09 Å². The lowest BCUT2D eigenvalue weighted by atomic mass is 10.1. The zero-order chi connectivity index (χ0) is 10.7. The fraction of sp³-hybridized carbons (Fsp3) is 0.250. The molecule has 0 radical (unpaired) electrons. The highest BCUT2D eigenvalue weighted by molar-refractivity contribution is 5.70. The summed E-state index contributed by atoms with van der Waals surface area (Å²) in [5.41, 5.74) is 2.39. The minimum atomic E-state index is -0.338. The van der Waals surface area contributed by atoms with Crippen molar-refractivity contribution < 1.29 is 9.53 Å². The molecular formula is C12H13NO2. The Balaban J connectivity index is 2.05. The van der Waals surface area contributed by atoms with E-state index in [1.165, 1.54) is 11.1 Å². The highest BCUT2D eigenvalue weighted by Crippen LogP contribution is 2.10. The summed E-state index contributed by atoms with van der Waals surface area (Å²) in [6, 6.07) is 8.10. The third kappa shape index (κ3) is 2.37. The van der Waals surface area contributed by atoms with E-state index in [2.05, 4.69) is 18.3 Å². The number of carbonyl (C=O) groups excluding carboxylic acids is 1. The topological polar surface area (TPSA) is 38.3 Å². The first-order valence-corrected chi connectivity index (χ1v) is 4.93. The summed E-state index contributed by atoms with van der Waals surface area (Å²) in [6.45, 7) is 2.48. The standard InChI is InChI=1S/C12H13NO2/c1-9-4-2-3-5-10(9)6-7-11-8-15-12(14)13-11/h2-7,11H,8H2,1H3,(H,13,14)/b7-6+/t11-/m0/s1. The smallest absolute Gasteiger partial charge is 0.407 e. The second kappa shape index (κ2) is 4.17. The fourth-order valence-corrected chi connectivity index (χ4v) is 1.50. The molecule has 15 heavy (non-hydrogen) atoms. The number of aryl methyl sites for hydroxylation is 1. The minimum absolute atomic E-state index is 0.00268. The zero-order valence-electron chi connectivity index (χ0n) is 8.57. The largest absolute Gasteiger partial charge is 0.447 e. The Hall–Kier alpha value is -1.77. The van der Waals surface area contributed by atoms with E-state index in [0.717, 1.165) is 0 Å². The maximum Gasteiger partial charge on any atom is 0.407 e. The van der Waals surface area contributed by atoms with Crippen LogP contribution in [0.3, 0.4) is 0 Å². The third-order valence-electron chi connectivity index (χ3n) is 2.39. The molecule has 1 aromatic carbocycles. The molecule has 0 aliphatic carbocycles. The second-order valence-electron chi connectivity index (χ2n) is 3.56. The van der Waals surface area contributed by atoms with Gasteiger partial charge in [0, 0.05) is 0 Å². The van der Waals surface area contributed by atoms with Gasteiger partial charge in [0.25, 0.3) is 0 Å². The van der Waals surface area contributed by atoms with E-state index < -0.39 is 0 Å². The fourth-order valence-electron chi connectivity index (χ4n) is 1.50. The highest BCUT2D eigenvalue weighted by atomic mass is 16.6. The molecule has 2 rings (SSSR count). The van der Waals surface area contributed by atoms with E-state index in [9.17, 15) is 4.79 Å². The number of rotatable bonds is 2. The molecule has 3 heteroatoms. The Bertz CT molecular complexity index is 398. The molecule has 0 saturated carbocycles. The number of alkyl carbamates (subject to hydrolysis) is 1. The molecule has 1 atom stereocenters. The quantitative estimate of drug-likeness (QED) is 0.799. The Morgan fingerprint density at radius 3 is 2.93 bits per heavy atom. The van der Waals surface area contributed by atoms with Crippen LogP contribution in [0.5, 0.6) is 0 Å². The number of benzene rings is 1. The SMILES string of the molecule is Cc1ccccc1/C=C/[C@H]1COC(=O)N1. The Morgan fingerprint density at radius 1 is 1.47 bits per heavy atom. The van der Waals surface area contributed by atoms with Crippen molar-refractivity contribution in [2.75, 3.05) is 6.61 Å². The van der Waals surface area contributed by atoms with E-state index in [-0.39, 0.29) is 12.1 Å². The predicted molar refractivity (Wildman–Crippen MR) is 58.5 cm³/mol. The summed E-state index contributed by atoms with van der Waals surface area (Å²) in [6.07, 6.45) is 3.62. The normalized spacial score (nSPS) is 20.3. The van der Waals surface area contributed by atoms with Gasteiger partial charge in [0.2, 0.25) is 0 Å². The van der Waals surface area contributed by atoms with E-state index >= 15 is 0 Å². The molecule has 1 amide bonds. The van der Waals surface area contributed by atoms with Crippen LogP contribution in [0.4, 0.5) is 4.79 Å². The van der Waals surface area contributed by atoms with Crippen LogP contribution >= 0.6 is 0 Å². The summed E-state index contributed by atoms with van der Waals surface area (Å²) in [7, 11) is 0. The van der Waals surface area contributed by atoms with Crippen LogP contribution in [0.2, 0.25) is 0 Å². The van der Waals surface area contributed by atoms with Gasteiger partial charge in [-0.2, -0.15) is 0 Å². The predicted octanol–water partition coefficient (Wildman–Crippen LogP) is 2.12. The molecule has 1 saturated heterocycles. The van der Waals surface area contributed by atoms with Crippen molar-refractivity contribution in [2.24, 2.45) is 0 Å². The lowest BCUT2D eigenvalue weighted by Crippen LogP contribution is -2.23. The molecular weight excluding hydrogens is 190 g/mol. The van der Waals surface area contributed by atoms with Gasteiger partial charge in [0.05, 0.1) is 6.04 Å². The number of hydrogen-bond donors (Lipinski definition) is 1. The van der Waals surface area contributed by atoms with Crippen molar-refractivity contribution in [2.45, 2.75) is 13.0 Å². The summed E-state index contributed by atoms with van der Waals surface area (Å²) in [4.78, 5) is 10.8. The summed E-state index contributed by atoms with van der Waals surface area (Å²) >= 11 is 0. The van der Waals surface area contributed by atoms with Gasteiger partial charge in [-0.05, 0) is 18.1 Å².